The lowest BCUT2D eigenvalue weighted by Gasteiger charge is -2.29. The number of hydrogen-bond acceptors (Lipinski definition) is 4. The lowest BCUT2D eigenvalue weighted by Crippen LogP contribution is -2.30. The molecule has 18 heavy (non-hydrogen) atoms. The molecular formula is C14H14O2S2. The van der Waals surface area contributed by atoms with Gasteiger partial charge in [0.05, 0.1) is 0 Å². The van der Waals surface area contributed by atoms with Crippen molar-refractivity contribution in [2.45, 2.75) is 24.0 Å². The Morgan fingerprint density at radius 1 is 1.33 bits per heavy atom. The molecule has 1 aromatic heterocycles. The van der Waals surface area contributed by atoms with Crippen molar-refractivity contribution in [1.82, 2.24) is 0 Å². The number of hydrogen-bond donors (Lipinski definition) is 1. The van der Waals surface area contributed by atoms with Gasteiger partial charge in [0, 0.05) is 15.5 Å². The number of aliphatic hydroxyl groups excluding tert-OH is 1. The highest BCUT2D eigenvalue weighted by Gasteiger charge is 2.28. The van der Waals surface area contributed by atoms with Gasteiger partial charge in [0.25, 0.3) is 0 Å². The molecule has 2 aromatic rings. The van der Waals surface area contributed by atoms with Gasteiger partial charge in [0.2, 0.25) is 0 Å². The van der Waals surface area contributed by atoms with Gasteiger partial charge >= 0.3 is 0 Å². The summed E-state index contributed by atoms with van der Waals surface area (Å²) in [4.78, 5) is 2.32. The zero-order valence-electron chi connectivity index (χ0n) is 10.00. The van der Waals surface area contributed by atoms with Crippen molar-refractivity contribution in [2.75, 3.05) is 5.75 Å². The Balaban J connectivity index is 1.82. The van der Waals surface area contributed by atoms with Gasteiger partial charge in [-0.2, -0.15) is 0 Å². The van der Waals surface area contributed by atoms with Crippen LogP contribution >= 0.6 is 23.1 Å². The van der Waals surface area contributed by atoms with Crippen LogP contribution in [0.5, 0.6) is 5.75 Å². The summed E-state index contributed by atoms with van der Waals surface area (Å²) in [5, 5.41) is 12.4. The zero-order valence-corrected chi connectivity index (χ0v) is 11.6. The molecule has 1 aliphatic heterocycles. The Bertz CT molecular complexity index is 550. The van der Waals surface area contributed by atoms with Gasteiger partial charge in [0.1, 0.15) is 18.0 Å². The van der Waals surface area contributed by atoms with E-state index in [-0.39, 0.29) is 6.10 Å². The summed E-state index contributed by atoms with van der Waals surface area (Å²) in [7, 11) is 0. The van der Waals surface area contributed by atoms with Crippen molar-refractivity contribution >= 4 is 23.1 Å². The zero-order chi connectivity index (χ0) is 12.5. The molecule has 0 bridgehead atoms. The summed E-state index contributed by atoms with van der Waals surface area (Å²) >= 11 is 3.41. The topological polar surface area (TPSA) is 29.5 Å². The standard InChI is InChI=1S/C14H14O2S2/c1-9-10(6-7-17-9)14(15)12-8-18-13-5-3-2-4-11(13)16-12/h2-7,12,14-15H,8H2,1H3. The molecule has 3 rings (SSSR count). The van der Waals surface area contributed by atoms with E-state index in [9.17, 15) is 5.11 Å². The molecular weight excluding hydrogens is 264 g/mol. The van der Waals surface area contributed by atoms with E-state index in [2.05, 4.69) is 6.07 Å². The van der Waals surface area contributed by atoms with Crippen LogP contribution in [-0.4, -0.2) is 17.0 Å². The van der Waals surface area contributed by atoms with E-state index in [1.807, 2.05) is 36.6 Å². The van der Waals surface area contributed by atoms with Crippen LogP contribution in [0.4, 0.5) is 0 Å². The van der Waals surface area contributed by atoms with Crippen molar-refractivity contribution in [3.8, 4) is 5.75 Å². The van der Waals surface area contributed by atoms with Crippen LogP contribution in [0.25, 0.3) is 0 Å². The van der Waals surface area contributed by atoms with Gasteiger partial charge < -0.3 is 9.84 Å². The van der Waals surface area contributed by atoms with Gasteiger partial charge in [-0.3, -0.25) is 0 Å². The van der Waals surface area contributed by atoms with Crippen molar-refractivity contribution < 1.29 is 9.84 Å². The van der Waals surface area contributed by atoms with Gasteiger partial charge in [-0.15, -0.1) is 23.1 Å². The van der Waals surface area contributed by atoms with E-state index in [1.54, 1.807) is 23.1 Å². The Morgan fingerprint density at radius 2 is 2.17 bits per heavy atom. The molecule has 0 spiro atoms. The Kier molecular flexibility index (Phi) is 3.33. The van der Waals surface area contributed by atoms with Crippen molar-refractivity contribution in [3.63, 3.8) is 0 Å². The molecule has 1 aliphatic rings. The number of thiophene rings is 1. The molecule has 1 aromatic carbocycles. The second-order valence-electron chi connectivity index (χ2n) is 4.29. The van der Waals surface area contributed by atoms with Gasteiger partial charge in [-0.05, 0) is 36.1 Å². The molecule has 0 saturated carbocycles. The Labute approximate surface area is 115 Å². The van der Waals surface area contributed by atoms with E-state index >= 15 is 0 Å². The van der Waals surface area contributed by atoms with Crippen LogP contribution < -0.4 is 4.74 Å². The monoisotopic (exact) mass is 278 g/mol. The molecule has 4 heteroatoms. The summed E-state index contributed by atoms with van der Waals surface area (Å²) in [6.07, 6.45) is -0.713. The molecule has 94 valence electrons. The average Bonchev–Trinajstić information content (AvgIpc) is 2.83. The second-order valence-corrected chi connectivity index (χ2v) is 6.47. The maximum Gasteiger partial charge on any atom is 0.138 e. The maximum absolute atomic E-state index is 10.4. The predicted octanol–water partition coefficient (Wildman–Crippen LogP) is 3.64. The predicted molar refractivity (Wildman–Crippen MR) is 75.6 cm³/mol. The number of aryl methyl sites for hydroxylation is 1. The van der Waals surface area contributed by atoms with Crippen molar-refractivity contribution in [1.29, 1.82) is 0 Å². The molecule has 2 heterocycles. The molecule has 1 N–H and O–H groups in total. The van der Waals surface area contributed by atoms with E-state index in [4.69, 9.17) is 4.74 Å². The highest BCUT2D eigenvalue weighted by molar-refractivity contribution is 7.99. The van der Waals surface area contributed by atoms with Crippen LogP contribution in [0, 0.1) is 6.92 Å². The fourth-order valence-corrected chi connectivity index (χ4v) is 3.86. The minimum absolute atomic E-state index is 0.168. The second kappa shape index (κ2) is 4.96. The lowest BCUT2D eigenvalue weighted by molar-refractivity contribution is 0.0456. The number of rotatable bonds is 2. The smallest absolute Gasteiger partial charge is 0.138 e. The van der Waals surface area contributed by atoms with Gasteiger partial charge in [-0.25, -0.2) is 0 Å². The highest BCUT2D eigenvalue weighted by Crippen LogP contribution is 2.39. The first-order valence-corrected chi connectivity index (χ1v) is 7.73. The average molecular weight is 278 g/mol. The molecule has 0 radical (unpaired) electrons. The molecule has 2 atom stereocenters. The molecule has 0 saturated heterocycles. The quantitative estimate of drug-likeness (QED) is 0.909. The summed E-state index contributed by atoms with van der Waals surface area (Å²) in [6.45, 7) is 2.03. The van der Waals surface area contributed by atoms with Crippen LogP contribution in [0.15, 0.2) is 40.6 Å². The fraction of sp³-hybridized carbons (Fsp3) is 0.286. The van der Waals surface area contributed by atoms with Crippen molar-refractivity contribution in [2.24, 2.45) is 0 Å². The third-order valence-corrected chi connectivity index (χ3v) is 5.11. The van der Waals surface area contributed by atoms with E-state index in [0.29, 0.717) is 0 Å². The first-order chi connectivity index (χ1) is 8.75. The molecule has 0 fully saturated rings. The number of thioether (sulfide) groups is 1. The molecule has 0 amide bonds. The first kappa shape index (κ1) is 12.1. The van der Waals surface area contributed by atoms with E-state index in [0.717, 1.165) is 26.8 Å². The minimum Gasteiger partial charge on any atom is -0.485 e. The summed E-state index contributed by atoms with van der Waals surface area (Å²) in [6, 6.07) is 9.97. The first-order valence-electron chi connectivity index (χ1n) is 5.86. The number of para-hydroxylation sites is 1. The SMILES string of the molecule is Cc1sccc1C(O)C1CSc2ccccc2O1. The summed E-state index contributed by atoms with van der Waals surface area (Å²) in [5.74, 6) is 1.67. The van der Waals surface area contributed by atoms with Gasteiger partial charge in [-0.1, -0.05) is 12.1 Å². The fourth-order valence-electron chi connectivity index (χ4n) is 2.09. The molecule has 2 unspecified atom stereocenters. The summed E-state index contributed by atoms with van der Waals surface area (Å²) < 4.78 is 5.91. The number of benzene rings is 1. The maximum atomic E-state index is 10.4. The van der Waals surface area contributed by atoms with Crippen LogP contribution in [0.3, 0.4) is 0 Å². The lowest BCUT2D eigenvalue weighted by atomic mass is 10.1. The number of ether oxygens (including phenoxy) is 1. The number of fused-ring (bicyclic) bond motifs is 1. The van der Waals surface area contributed by atoms with E-state index < -0.39 is 6.10 Å². The van der Waals surface area contributed by atoms with Crippen LogP contribution in [0.2, 0.25) is 0 Å². The molecule has 2 nitrogen and oxygen atoms in total. The van der Waals surface area contributed by atoms with Crippen LogP contribution in [0.1, 0.15) is 16.5 Å². The molecule has 0 aliphatic carbocycles. The number of aliphatic hydroxyl groups is 1. The van der Waals surface area contributed by atoms with E-state index in [1.165, 1.54) is 0 Å². The van der Waals surface area contributed by atoms with Crippen molar-refractivity contribution in [3.05, 3.63) is 46.2 Å². The third kappa shape index (κ3) is 2.16. The van der Waals surface area contributed by atoms with Crippen LogP contribution in [-0.2, 0) is 0 Å². The minimum atomic E-state index is -0.544. The summed E-state index contributed by atoms with van der Waals surface area (Å²) in [5.41, 5.74) is 0.991. The largest absolute Gasteiger partial charge is 0.485 e. The highest BCUT2D eigenvalue weighted by atomic mass is 32.2. The Morgan fingerprint density at radius 3 is 2.94 bits per heavy atom. The third-order valence-electron chi connectivity index (χ3n) is 3.10. The Hall–Kier alpha value is -0.970. The normalized spacial score (nSPS) is 20.0. The van der Waals surface area contributed by atoms with Gasteiger partial charge in [0.15, 0.2) is 0 Å².